The molecule has 0 aromatic heterocycles. The largest absolute Gasteiger partial charge is 0.326 e. The van der Waals surface area contributed by atoms with Crippen molar-refractivity contribution in [2.24, 2.45) is 0 Å². The minimum Gasteiger partial charge on any atom is -0.326 e. The number of hydrogen-bond donors (Lipinski definition) is 2. The van der Waals surface area contributed by atoms with Crippen LogP contribution in [0.15, 0.2) is 48.5 Å². The number of carbonyl (C=O) groups is 1. The van der Waals surface area contributed by atoms with E-state index in [2.05, 4.69) is 23.5 Å². The van der Waals surface area contributed by atoms with E-state index in [1.165, 1.54) is 10.5 Å². The Bertz CT molecular complexity index is 588. The van der Waals surface area contributed by atoms with Gasteiger partial charge in [-0.05, 0) is 37.1 Å². The predicted molar refractivity (Wildman–Crippen MR) is 86.4 cm³/mol. The Kier molecular flexibility index (Phi) is 5.12. The van der Waals surface area contributed by atoms with Gasteiger partial charge in [0.1, 0.15) is 6.54 Å². The fourth-order valence-electron chi connectivity index (χ4n) is 2.53. The van der Waals surface area contributed by atoms with Crippen molar-refractivity contribution in [3.8, 4) is 0 Å². The summed E-state index contributed by atoms with van der Waals surface area (Å²) in [5, 5.41) is 2.98. The van der Waals surface area contributed by atoms with Crippen molar-refractivity contribution >= 4 is 11.6 Å². The van der Waals surface area contributed by atoms with E-state index in [0.717, 1.165) is 23.4 Å². The van der Waals surface area contributed by atoms with Gasteiger partial charge in [0.05, 0.1) is 7.05 Å². The minimum atomic E-state index is 0.0495. The van der Waals surface area contributed by atoms with Crippen LogP contribution in [0.5, 0.6) is 0 Å². The molecule has 1 amide bonds. The van der Waals surface area contributed by atoms with Crippen LogP contribution >= 0.6 is 0 Å². The number of benzene rings is 2. The molecule has 1 atom stereocenters. The van der Waals surface area contributed by atoms with Crippen molar-refractivity contribution in [2.45, 2.75) is 20.4 Å². The summed E-state index contributed by atoms with van der Waals surface area (Å²) in [6, 6.07) is 16.3. The van der Waals surface area contributed by atoms with Gasteiger partial charge in [0, 0.05) is 11.3 Å². The van der Waals surface area contributed by atoms with Crippen molar-refractivity contribution in [1.29, 1.82) is 0 Å². The molecule has 0 radical (unpaired) electrons. The normalized spacial score (nSPS) is 12.0. The molecule has 0 saturated carbocycles. The second-order valence-electron chi connectivity index (χ2n) is 5.72. The van der Waals surface area contributed by atoms with E-state index in [-0.39, 0.29) is 5.91 Å². The summed E-state index contributed by atoms with van der Waals surface area (Å²) in [7, 11) is 2.04. The maximum absolute atomic E-state index is 12.1. The molecular formula is C18H23N2O+. The molecule has 110 valence electrons. The van der Waals surface area contributed by atoms with E-state index < -0.39 is 0 Å². The van der Waals surface area contributed by atoms with Crippen LogP contribution < -0.4 is 10.2 Å². The molecule has 3 heteroatoms. The first-order valence-corrected chi connectivity index (χ1v) is 7.26. The SMILES string of the molecule is Cc1cc(C)cc(NC(=O)C[NH+](C)Cc2ccccc2)c1. The summed E-state index contributed by atoms with van der Waals surface area (Å²) in [6.07, 6.45) is 0. The van der Waals surface area contributed by atoms with E-state index in [1.807, 2.05) is 51.2 Å². The maximum atomic E-state index is 12.1. The lowest BCUT2D eigenvalue weighted by Crippen LogP contribution is -3.08. The van der Waals surface area contributed by atoms with Crippen molar-refractivity contribution in [3.63, 3.8) is 0 Å². The highest BCUT2D eigenvalue weighted by Crippen LogP contribution is 2.13. The third-order valence-electron chi connectivity index (χ3n) is 3.32. The molecule has 0 fully saturated rings. The average molecular weight is 283 g/mol. The molecular weight excluding hydrogens is 260 g/mol. The quantitative estimate of drug-likeness (QED) is 0.864. The summed E-state index contributed by atoms with van der Waals surface area (Å²) in [5.41, 5.74) is 4.45. The summed E-state index contributed by atoms with van der Waals surface area (Å²) in [6.45, 7) is 5.38. The second kappa shape index (κ2) is 7.04. The van der Waals surface area contributed by atoms with Crippen LogP contribution in [-0.4, -0.2) is 19.5 Å². The molecule has 21 heavy (non-hydrogen) atoms. The van der Waals surface area contributed by atoms with Gasteiger partial charge in [-0.3, -0.25) is 4.79 Å². The Hall–Kier alpha value is -2.13. The van der Waals surface area contributed by atoms with Crippen LogP contribution in [0.1, 0.15) is 16.7 Å². The maximum Gasteiger partial charge on any atom is 0.279 e. The van der Waals surface area contributed by atoms with Crippen LogP contribution in [0.2, 0.25) is 0 Å². The topological polar surface area (TPSA) is 33.5 Å². The Balaban J connectivity index is 1.89. The molecule has 2 N–H and O–H groups in total. The molecule has 0 aliphatic heterocycles. The molecule has 0 spiro atoms. The van der Waals surface area contributed by atoms with Crippen LogP contribution in [0.4, 0.5) is 5.69 Å². The van der Waals surface area contributed by atoms with Crippen molar-refractivity contribution in [1.82, 2.24) is 0 Å². The van der Waals surface area contributed by atoms with Gasteiger partial charge >= 0.3 is 0 Å². The number of quaternary nitrogens is 1. The molecule has 3 nitrogen and oxygen atoms in total. The van der Waals surface area contributed by atoms with E-state index in [0.29, 0.717) is 6.54 Å². The van der Waals surface area contributed by atoms with Gasteiger partial charge in [-0.2, -0.15) is 0 Å². The number of carbonyl (C=O) groups excluding carboxylic acids is 1. The van der Waals surface area contributed by atoms with Gasteiger partial charge in [-0.25, -0.2) is 0 Å². The number of likely N-dealkylation sites (N-methyl/N-ethyl adjacent to an activating group) is 1. The number of hydrogen-bond acceptors (Lipinski definition) is 1. The number of rotatable bonds is 5. The Morgan fingerprint density at radius 1 is 1.05 bits per heavy atom. The average Bonchev–Trinajstić information content (AvgIpc) is 2.37. The second-order valence-corrected chi connectivity index (χ2v) is 5.72. The van der Waals surface area contributed by atoms with Crippen molar-refractivity contribution < 1.29 is 9.69 Å². The first-order valence-electron chi connectivity index (χ1n) is 7.26. The molecule has 1 unspecified atom stereocenters. The lowest BCUT2D eigenvalue weighted by atomic mass is 10.1. The van der Waals surface area contributed by atoms with Gasteiger partial charge in [-0.15, -0.1) is 0 Å². The zero-order valence-corrected chi connectivity index (χ0v) is 12.9. The minimum absolute atomic E-state index is 0.0495. The van der Waals surface area contributed by atoms with Gasteiger partial charge < -0.3 is 10.2 Å². The molecule has 0 heterocycles. The molecule has 2 rings (SSSR count). The van der Waals surface area contributed by atoms with E-state index in [9.17, 15) is 4.79 Å². The lowest BCUT2D eigenvalue weighted by molar-refractivity contribution is -0.885. The summed E-state index contributed by atoms with van der Waals surface area (Å²) in [4.78, 5) is 13.3. The molecule has 0 saturated heterocycles. The number of nitrogens with one attached hydrogen (secondary N) is 2. The van der Waals surface area contributed by atoms with Crippen LogP contribution in [-0.2, 0) is 11.3 Å². The summed E-state index contributed by atoms with van der Waals surface area (Å²) in [5.74, 6) is 0.0495. The third-order valence-corrected chi connectivity index (χ3v) is 3.32. The number of anilines is 1. The zero-order valence-electron chi connectivity index (χ0n) is 12.9. The molecule has 2 aromatic carbocycles. The van der Waals surface area contributed by atoms with Crippen molar-refractivity contribution in [2.75, 3.05) is 18.9 Å². The smallest absolute Gasteiger partial charge is 0.279 e. The highest BCUT2D eigenvalue weighted by atomic mass is 16.2. The van der Waals surface area contributed by atoms with Gasteiger partial charge in [0.2, 0.25) is 0 Å². The Morgan fingerprint density at radius 2 is 1.67 bits per heavy atom. The zero-order chi connectivity index (χ0) is 15.2. The summed E-state index contributed by atoms with van der Waals surface area (Å²) < 4.78 is 0. The monoisotopic (exact) mass is 283 g/mol. The van der Waals surface area contributed by atoms with Crippen LogP contribution in [0.3, 0.4) is 0 Å². The fourth-order valence-corrected chi connectivity index (χ4v) is 2.53. The number of aryl methyl sites for hydroxylation is 2. The van der Waals surface area contributed by atoms with Crippen LogP contribution in [0, 0.1) is 13.8 Å². The predicted octanol–water partition coefficient (Wildman–Crippen LogP) is 1.96. The van der Waals surface area contributed by atoms with Gasteiger partial charge in [-0.1, -0.05) is 36.4 Å². The third kappa shape index (κ3) is 5.04. The first-order chi connectivity index (χ1) is 10.0. The molecule has 0 aliphatic carbocycles. The van der Waals surface area contributed by atoms with E-state index in [1.54, 1.807) is 0 Å². The van der Waals surface area contributed by atoms with Gasteiger partial charge in [0.15, 0.2) is 6.54 Å². The Morgan fingerprint density at radius 3 is 2.29 bits per heavy atom. The van der Waals surface area contributed by atoms with Crippen LogP contribution in [0.25, 0.3) is 0 Å². The highest BCUT2D eigenvalue weighted by Gasteiger charge is 2.11. The molecule has 2 aromatic rings. The summed E-state index contributed by atoms with van der Waals surface area (Å²) >= 11 is 0. The number of amides is 1. The standard InChI is InChI=1S/C18H22N2O/c1-14-9-15(2)11-17(10-14)19-18(21)13-20(3)12-16-7-5-4-6-8-16/h4-11H,12-13H2,1-3H3,(H,19,21)/p+1. The van der Waals surface area contributed by atoms with E-state index >= 15 is 0 Å². The van der Waals surface area contributed by atoms with Gasteiger partial charge in [0.25, 0.3) is 5.91 Å². The van der Waals surface area contributed by atoms with Crippen molar-refractivity contribution in [3.05, 3.63) is 65.2 Å². The molecule has 0 bridgehead atoms. The fraction of sp³-hybridized carbons (Fsp3) is 0.278. The Labute approximate surface area is 126 Å². The highest BCUT2D eigenvalue weighted by molar-refractivity contribution is 5.91. The molecule has 0 aliphatic rings. The lowest BCUT2D eigenvalue weighted by Gasteiger charge is -2.14. The van der Waals surface area contributed by atoms with E-state index in [4.69, 9.17) is 0 Å². The first kappa shape index (κ1) is 15.3.